The highest BCUT2D eigenvalue weighted by Gasteiger charge is 2.19. The van der Waals surface area contributed by atoms with E-state index in [9.17, 15) is 9.59 Å². The van der Waals surface area contributed by atoms with Gasteiger partial charge in [0.1, 0.15) is 0 Å². The molecule has 116 valence electrons. The zero-order valence-corrected chi connectivity index (χ0v) is 14.4. The van der Waals surface area contributed by atoms with Gasteiger partial charge in [0.2, 0.25) is 11.6 Å². The van der Waals surface area contributed by atoms with Gasteiger partial charge in [-0.15, -0.1) is 0 Å². The first kappa shape index (κ1) is 18.1. The van der Waals surface area contributed by atoms with Gasteiger partial charge in [-0.3, -0.25) is 10.1 Å². The Labute approximate surface area is 132 Å². The molecule has 0 heterocycles. The molecule has 0 aromatic heterocycles. The minimum atomic E-state index is -2.49. The van der Waals surface area contributed by atoms with E-state index in [1.165, 1.54) is 14.2 Å². The Kier molecular flexibility index (Phi) is 7.34. The molecule has 2 N–H and O–H groups in total. The van der Waals surface area contributed by atoms with Gasteiger partial charge in [-0.2, -0.15) is 0 Å². The summed E-state index contributed by atoms with van der Waals surface area (Å²) < 4.78 is 10.1. The first-order valence-corrected chi connectivity index (χ1v) is 10.1. The van der Waals surface area contributed by atoms with Crippen molar-refractivity contribution in [2.75, 3.05) is 25.3 Å². The minimum Gasteiger partial charge on any atom is -0.325 e. The predicted octanol–water partition coefficient (Wildman–Crippen LogP) is 2.89. The standard InChI is InChI=1S/C12H17N2O4PS2/c1-9-5-4-6-10(7-9)13-12(16)14-11(15)8-21-19(20,17-2)18-3/h4-7H,8H2,1-3H3,(H2,13,14,15,16). The number of urea groups is 1. The lowest BCUT2D eigenvalue weighted by molar-refractivity contribution is -0.117. The number of carbonyl (C=O) groups excluding carboxylic acids is 2. The van der Waals surface area contributed by atoms with E-state index in [2.05, 4.69) is 10.6 Å². The molecule has 0 aliphatic heterocycles. The molecule has 1 aromatic rings. The van der Waals surface area contributed by atoms with Crippen molar-refractivity contribution in [1.82, 2.24) is 5.32 Å². The summed E-state index contributed by atoms with van der Waals surface area (Å²) in [6, 6.07) is 6.67. The van der Waals surface area contributed by atoms with E-state index in [4.69, 9.17) is 20.9 Å². The molecular weight excluding hydrogens is 331 g/mol. The van der Waals surface area contributed by atoms with Crippen molar-refractivity contribution in [2.24, 2.45) is 0 Å². The van der Waals surface area contributed by atoms with Crippen LogP contribution in [0.15, 0.2) is 24.3 Å². The fourth-order valence-corrected chi connectivity index (χ4v) is 4.01. The normalized spacial score (nSPS) is 11.0. The average molecular weight is 348 g/mol. The molecule has 21 heavy (non-hydrogen) atoms. The van der Waals surface area contributed by atoms with Gasteiger partial charge in [0.25, 0.3) is 0 Å². The highest BCUT2D eigenvalue weighted by molar-refractivity contribution is 8.68. The highest BCUT2D eigenvalue weighted by atomic mass is 32.9. The molecule has 0 aliphatic carbocycles. The second-order valence-corrected chi connectivity index (χ2v) is 10.5. The molecule has 1 rings (SSSR count). The number of rotatable bonds is 6. The maximum Gasteiger partial charge on any atom is 0.325 e. The molecule has 0 spiro atoms. The van der Waals surface area contributed by atoms with Crippen LogP contribution in [0.5, 0.6) is 0 Å². The number of anilines is 1. The van der Waals surface area contributed by atoms with Crippen LogP contribution in [0, 0.1) is 6.92 Å². The first-order valence-electron chi connectivity index (χ1n) is 5.92. The second kappa shape index (κ2) is 8.51. The Morgan fingerprint density at radius 2 is 2.00 bits per heavy atom. The largest absolute Gasteiger partial charge is 0.325 e. The van der Waals surface area contributed by atoms with Gasteiger partial charge in [-0.05, 0) is 36.4 Å². The van der Waals surface area contributed by atoms with Gasteiger partial charge in [0.15, 0.2) is 0 Å². The Morgan fingerprint density at radius 3 is 2.57 bits per heavy atom. The number of aryl methyl sites for hydroxylation is 1. The molecule has 1 aromatic carbocycles. The van der Waals surface area contributed by atoms with Crippen molar-refractivity contribution in [2.45, 2.75) is 6.92 Å². The van der Waals surface area contributed by atoms with E-state index >= 15 is 0 Å². The van der Waals surface area contributed by atoms with Gasteiger partial charge in [0.05, 0.1) is 5.75 Å². The van der Waals surface area contributed by atoms with Crippen molar-refractivity contribution >= 4 is 46.5 Å². The van der Waals surface area contributed by atoms with Crippen molar-refractivity contribution in [3.05, 3.63) is 29.8 Å². The summed E-state index contributed by atoms with van der Waals surface area (Å²) in [5.74, 6) is -0.478. The van der Waals surface area contributed by atoms with Crippen LogP contribution in [0.1, 0.15) is 5.56 Å². The topological polar surface area (TPSA) is 76.7 Å². The Balaban J connectivity index is 2.44. The second-order valence-electron chi connectivity index (χ2n) is 3.96. The van der Waals surface area contributed by atoms with Crippen molar-refractivity contribution in [1.29, 1.82) is 0 Å². The molecule has 0 saturated carbocycles. The maximum atomic E-state index is 11.7. The molecule has 0 bridgehead atoms. The van der Waals surface area contributed by atoms with E-state index in [1.807, 2.05) is 19.1 Å². The van der Waals surface area contributed by atoms with E-state index in [0.29, 0.717) is 5.69 Å². The molecule has 0 fully saturated rings. The van der Waals surface area contributed by atoms with E-state index < -0.39 is 17.6 Å². The quantitative estimate of drug-likeness (QED) is 0.770. The summed E-state index contributed by atoms with van der Waals surface area (Å²) in [6.45, 7) is 1.91. The molecule has 0 radical (unpaired) electrons. The first-order chi connectivity index (χ1) is 9.88. The van der Waals surface area contributed by atoms with E-state index in [-0.39, 0.29) is 5.75 Å². The minimum absolute atomic E-state index is 0.0137. The van der Waals surface area contributed by atoms with Crippen LogP contribution in [-0.4, -0.2) is 31.9 Å². The fourth-order valence-electron chi connectivity index (χ4n) is 1.37. The Bertz CT molecular complexity index is 560. The lowest BCUT2D eigenvalue weighted by Gasteiger charge is -2.16. The number of hydrogen-bond acceptors (Lipinski definition) is 6. The summed E-state index contributed by atoms with van der Waals surface area (Å²) in [5, 5.41) is 4.80. The SMILES string of the molecule is COP(=S)(OC)SCC(=O)NC(=O)Nc1cccc(C)c1. The highest BCUT2D eigenvalue weighted by Crippen LogP contribution is 2.59. The van der Waals surface area contributed by atoms with Crippen LogP contribution in [0.25, 0.3) is 0 Å². The van der Waals surface area contributed by atoms with Gasteiger partial charge in [-0.1, -0.05) is 23.5 Å². The molecule has 9 heteroatoms. The molecule has 3 amide bonds. The van der Waals surface area contributed by atoms with Crippen LogP contribution < -0.4 is 10.6 Å². The maximum absolute atomic E-state index is 11.7. The van der Waals surface area contributed by atoms with Gasteiger partial charge in [-0.25, -0.2) is 4.79 Å². The van der Waals surface area contributed by atoms with E-state index in [0.717, 1.165) is 16.9 Å². The number of nitrogens with one attached hydrogen (secondary N) is 2. The third-order valence-corrected chi connectivity index (χ3v) is 8.01. The number of benzene rings is 1. The summed E-state index contributed by atoms with van der Waals surface area (Å²) in [5.41, 5.74) is -0.867. The van der Waals surface area contributed by atoms with Crippen LogP contribution >= 0.6 is 17.1 Å². The van der Waals surface area contributed by atoms with Gasteiger partial charge in [0, 0.05) is 19.9 Å². The molecule has 0 unspecified atom stereocenters. The molecule has 6 nitrogen and oxygen atoms in total. The van der Waals surface area contributed by atoms with Crippen LogP contribution in [0.4, 0.5) is 10.5 Å². The average Bonchev–Trinajstić information content (AvgIpc) is 2.44. The van der Waals surface area contributed by atoms with Crippen molar-refractivity contribution in [3.63, 3.8) is 0 Å². The zero-order chi connectivity index (χ0) is 15.9. The molecule has 0 saturated heterocycles. The fraction of sp³-hybridized carbons (Fsp3) is 0.333. The van der Waals surface area contributed by atoms with Crippen LogP contribution in [0.2, 0.25) is 0 Å². The number of hydrogen-bond donors (Lipinski definition) is 2. The van der Waals surface area contributed by atoms with Crippen LogP contribution in [-0.2, 0) is 25.6 Å². The molecule has 0 aliphatic rings. The van der Waals surface area contributed by atoms with Gasteiger partial charge < -0.3 is 14.4 Å². The smallest absolute Gasteiger partial charge is 0.325 e. The van der Waals surface area contributed by atoms with E-state index in [1.54, 1.807) is 12.1 Å². The number of amides is 3. The van der Waals surface area contributed by atoms with Crippen LogP contribution in [0.3, 0.4) is 0 Å². The third-order valence-electron chi connectivity index (χ3n) is 2.33. The zero-order valence-electron chi connectivity index (χ0n) is 11.9. The third kappa shape index (κ3) is 6.58. The van der Waals surface area contributed by atoms with Gasteiger partial charge >= 0.3 is 6.03 Å². The monoisotopic (exact) mass is 348 g/mol. The Morgan fingerprint density at radius 1 is 1.33 bits per heavy atom. The number of imide groups is 1. The summed E-state index contributed by atoms with van der Waals surface area (Å²) >= 11 is 6.18. The summed E-state index contributed by atoms with van der Waals surface area (Å²) in [7, 11) is 2.86. The predicted molar refractivity (Wildman–Crippen MR) is 89.1 cm³/mol. The summed E-state index contributed by atoms with van der Waals surface area (Å²) in [6.07, 6.45) is 0. The van der Waals surface area contributed by atoms with Crippen molar-refractivity contribution < 1.29 is 18.6 Å². The summed E-state index contributed by atoms with van der Waals surface area (Å²) in [4.78, 5) is 23.3. The Hall–Kier alpha value is -0.920. The molecular formula is C12H17N2O4PS2. The molecule has 0 atom stereocenters. The lowest BCUT2D eigenvalue weighted by atomic mass is 10.2. The lowest BCUT2D eigenvalue weighted by Crippen LogP contribution is -2.35. The van der Waals surface area contributed by atoms with Crippen molar-refractivity contribution in [3.8, 4) is 0 Å². The number of carbonyl (C=O) groups is 2.